The number of aromatic nitrogens is 3. The Bertz CT molecular complexity index is 1580. The lowest BCUT2D eigenvalue weighted by Crippen LogP contribution is -2.51. The summed E-state index contributed by atoms with van der Waals surface area (Å²) in [5, 5.41) is 6.26. The van der Waals surface area contributed by atoms with Crippen LogP contribution in [0.3, 0.4) is 0 Å². The lowest BCUT2D eigenvalue weighted by atomic mass is 9.95. The van der Waals surface area contributed by atoms with Crippen LogP contribution in [0.25, 0.3) is 32.9 Å². The number of likely N-dealkylation sites (tertiary alicyclic amines) is 1. The predicted molar refractivity (Wildman–Crippen MR) is 165 cm³/mol. The van der Waals surface area contributed by atoms with Crippen molar-refractivity contribution in [2.24, 2.45) is 0 Å². The van der Waals surface area contributed by atoms with Crippen LogP contribution in [0.15, 0.2) is 42.6 Å². The Hall–Kier alpha value is -3.14. The van der Waals surface area contributed by atoms with Gasteiger partial charge in [-0.2, -0.15) is 9.97 Å². The second kappa shape index (κ2) is 11.9. The second-order valence-electron chi connectivity index (χ2n) is 11.4. The fraction of sp³-hybridized carbons (Fsp3) is 0.469. The molecule has 0 spiro atoms. The summed E-state index contributed by atoms with van der Waals surface area (Å²) < 4.78 is 37.9. The van der Waals surface area contributed by atoms with Gasteiger partial charge in [-0.15, -0.1) is 0 Å². The van der Waals surface area contributed by atoms with E-state index in [0.717, 1.165) is 36.7 Å². The third-order valence-electron chi connectivity index (χ3n) is 8.61. The smallest absolute Gasteiger partial charge is 0.319 e. The fourth-order valence-electron chi connectivity index (χ4n) is 6.34. The van der Waals surface area contributed by atoms with Crippen LogP contribution in [0.5, 0.6) is 6.01 Å². The molecule has 5 heterocycles. The van der Waals surface area contributed by atoms with Gasteiger partial charge in [0.2, 0.25) is 0 Å². The minimum Gasteiger partial charge on any atom is -0.460 e. The van der Waals surface area contributed by atoms with Crippen LogP contribution in [0.2, 0.25) is 5.02 Å². The number of rotatable bonds is 5. The number of fused-ring (bicyclic) bond motifs is 4. The van der Waals surface area contributed by atoms with Gasteiger partial charge in [-0.25, -0.2) is 8.78 Å². The van der Waals surface area contributed by atoms with Crippen molar-refractivity contribution in [3.05, 3.63) is 53.4 Å². The maximum absolute atomic E-state index is 16.5. The van der Waals surface area contributed by atoms with Crippen LogP contribution in [-0.4, -0.2) is 77.4 Å². The molecule has 3 aliphatic rings. The van der Waals surface area contributed by atoms with Crippen molar-refractivity contribution < 1.29 is 13.5 Å². The number of nitrogens with zero attached hydrogens (tertiary/aromatic N) is 5. The van der Waals surface area contributed by atoms with Gasteiger partial charge in [-0.1, -0.05) is 55.8 Å². The Morgan fingerprint density at radius 1 is 1.05 bits per heavy atom. The van der Waals surface area contributed by atoms with Gasteiger partial charge < -0.3 is 19.9 Å². The Morgan fingerprint density at radius 2 is 1.74 bits per heavy atom. The summed E-state index contributed by atoms with van der Waals surface area (Å²) in [5.41, 5.74) is -0.629. The molecule has 1 N–H and O–H groups in total. The zero-order chi connectivity index (χ0) is 29.4. The van der Waals surface area contributed by atoms with Crippen molar-refractivity contribution in [2.75, 3.05) is 44.7 Å². The standard InChI is InChI=1S/C30H31ClF2N6O.C2H6/c1-38-12-10-30(33,11-13-38)17-40-29-36-27-22(28(37-29)39-15-19-8-9-20(16-39)35-19)14-34-26(25(27)32)21-6-2-4-18-5-3-7-23(31)24(18)21;1-2/h2-7,14,19-20,35H,8-13,15-17H2,1H3;1-2H3. The van der Waals surface area contributed by atoms with E-state index in [4.69, 9.17) is 21.3 Å². The summed E-state index contributed by atoms with van der Waals surface area (Å²) in [6.07, 6.45) is 4.56. The number of ether oxygens (including phenoxy) is 1. The quantitative estimate of drug-likeness (QED) is 0.286. The first-order chi connectivity index (χ1) is 20.4. The van der Waals surface area contributed by atoms with Gasteiger partial charge >= 0.3 is 6.01 Å². The van der Waals surface area contributed by atoms with E-state index in [9.17, 15) is 0 Å². The van der Waals surface area contributed by atoms with E-state index in [1.807, 2.05) is 51.2 Å². The zero-order valence-corrected chi connectivity index (χ0v) is 25.1. The minimum atomic E-state index is -1.47. The molecule has 2 bridgehead atoms. The van der Waals surface area contributed by atoms with Crippen molar-refractivity contribution in [1.29, 1.82) is 0 Å². The van der Waals surface area contributed by atoms with Crippen molar-refractivity contribution in [2.45, 2.75) is 57.3 Å². The third kappa shape index (κ3) is 5.50. The van der Waals surface area contributed by atoms with E-state index >= 15 is 8.78 Å². The van der Waals surface area contributed by atoms with Crippen molar-refractivity contribution in [3.63, 3.8) is 0 Å². The molecule has 2 unspecified atom stereocenters. The maximum Gasteiger partial charge on any atom is 0.319 e. The van der Waals surface area contributed by atoms with E-state index in [1.165, 1.54) is 0 Å². The summed E-state index contributed by atoms with van der Waals surface area (Å²) >= 11 is 6.56. The molecule has 10 heteroatoms. The Labute approximate surface area is 250 Å². The summed E-state index contributed by atoms with van der Waals surface area (Å²) in [5.74, 6) is -0.00522. The number of anilines is 1. The molecular weight excluding hydrogens is 558 g/mol. The average Bonchev–Trinajstić information content (AvgIpc) is 3.35. The van der Waals surface area contributed by atoms with Crippen molar-refractivity contribution in [3.8, 4) is 17.3 Å². The van der Waals surface area contributed by atoms with Gasteiger partial charge in [0.15, 0.2) is 5.82 Å². The molecule has 222 valence electrons. The normalized spacial score (nSPS) is 21.8. The lowest BCUT2D eigenvalue weighted by molar-refractivity contribution is 0.0215. The highest BCUT2D eigenvalue weighted by atomic mass is 35.5. The van der Waals surface area contributed by atoms with Gasteiger partial charge in [0.1, 0.15) is 29.3 Å². The van der Waals surface area contributed by atoms with Crippen LogP contribution in [0, 0.1) is 5.82 Å². The van der Waals surface area contributed by atoms with E-state index in [1.54, 1.807) is 12.3 Å². The highest BCUT2D eigenvalue weighted by Crippen LogP contribution is 2.38. The molecule has 4 aromatic rings. The van der Waals surface area contributed by atoms with E-state index in [0.29, 0.717) is 59.8 Å². The Morgan fingerprint density at radius 3 is 2.45 bits per heavy atom. The van der Waals surface area contributed by atoms with Crippen LogP contribution >= 0.6 is 11.6 Å². The van der Waals surface area contributed by atoms with E-state index < -0.39 is 11.5 Å². The molecular formula is C32H37ClF2N6O. The number of halogens is 3. The number of piperidine rings is 1. The van der Waals surface area contributed by atoms with Crippen LogP contribution in [0.4, 0.5) is 14.6 Å². The number of piperazine rings is 1. The first-order valence-corrected chi connectivity index (χ1v) is 15.3. The molecule has 0 aliphatic carbocycles. The van der Waals surface area contributed by atoms with Gasteiger partial charge in [0.25, 0.3) is 0 Å². The third-order valence-corrected chi connectivity index (χ3v) is 8.93. The molecule has 2 aromatic carbocycles. The molecule has 42 heavy (non-hydrogen) atoms. The summed E-state index contributed by atoms with van der Waals surface area (Å²) in [6, 6.07) is 11.9. The highest BCUT2D eigenvalue weighted by molar-refractivity contribution is 6.36. The highest BCUT2D eigenvalue weighted by Gasteiger charge is 2.36. The van der Waals surface area contributed by atoms with Gasteiger partial charge in [0, 0.05) is 60.4 Å². The molecule has 0 saturated carbocycles. The molecule has 2 atom stereocenters. The van der Waals surface area contributed by atoms with Crippen LogP contribution < -0.4 is 15.0 Å². The number of hydrogen-bond acceptors (Lipinski definition) is 7. The van der Waals surface area contributed by atoms with Gasteiger partial charge in [-0.05, 0) is 44.2 Å². The van der Waals surface area contributed by atoms with Crippen LogP contribution in [-0.2, 0) is 0 Å². The Balaban J connectivity index is 0.00000155. The molecule has 0 amide bonds. The number of benzene rings is 2. The summed E-state index contributed by atoms with van der Waals surface area (Å²) in [7, 11) is 1.98. The summed E-state index contributed by atoms with van der Waals surface area (Å²) in [6.45, 7) is 6.62. The molecule has 0 radical (unpaired) electrons. The summed E-state index contributed by atoms with van der Waals surface area (Å²) in [4.78, 5) is 18.1. The number of alkyl halides is 1. The maximum atomic E-state index is 16.5. The zero-order valence-electron chi connectivity index (χ0n) is 24.3. The Kier molecular flexibility index (Phi) is 8.18. The SMILES string of the molecule is CC.CN1CCC(F)(COc2nc(N3CC4CCC(C3)N4)c3cnc(-c4cccc5cccc(Cl)c45)c(F)c3n2)CC1. The predicted octanol–water partition coefficient (Wildman–Crippen LogP) is 6.42. The van der Waals surface area contributed by atoms with Gasteiger partial charge in [-0.3, -0.25) is 4.98 Å². The molecule has 7 rings (SSSR count). The lowest BCUT2D eigenvalue weighted by Gasteiger charge is -2.35. The largest absolute Gasteiger partial charge is 0.460 e. The van der Waals surface area contributed by atoms with Gasteiger partial charge in [0.05, 0.1) is 5.39 Å². The first-order valence-electron chi connectivity index (χ1n) is 14.9. The molecule has 2 aromatic heterocycles. The van der Waals surface area contributed by atoms with Crippen molar-refractivity contribution in [1.82, 2.24) is 25.2 Å². The average molecular weight is 595 g/mol. The fourth-order valence-corrected chi connectivity index (χ4v) is 6.62. The second-order valence-corrected chi connectivity index (χ2v) is 11.8. The first kappa shape index (κ1) is 29.0. The van der Waals surface area contributed by atoms with E-state index in [-0.39, 0.29) is 23.8 Å². The minimum absolute atomic E-state index is 0.0173. The molecule has 3 fully saturated rings. The monoisotopic (exact) mass is 594 g/mol. The topological polar surface area (TPSA) is 66.4 Å². The molecule has 3 saturated heterocycles. The number of hydrogen-bond donors (Lipinski definition) is 1. The number of pyridine rings is 1. The molecule has 3 aliphatic heterocycles. The number of nitrogens with one attached hydrogen (secondary N) is 1. The van der Waals surface area contributed by atoms with Crippen LogP contribution in [0.1, 0.15) is 39.5 Å². The molecule has 7 nitrogen and oxygen atoms in total. The van der Waals surface area contributed by atoms with Crippen molar-refractivity contribution >= 4 is 39.1 Å². The van der Waals surface area contributed by atoms with E-state index in [2.05, 4.69) is 25.1 Å².